The number of aromatic nitrogens is 1. The highest BCUT2D eigenvalue weighted by Crippen LogP contribution is 2.26. The first kappa shape index (κ1) is 8.08. The number of rotatable bonds is 0. The molecule has 0 N–H and O–H groups in total. The first-order valence-corrected chi connectivity index (χ1v) is 4.56. The zero-order valence-corrected chi connectivity index (χ0v) is 8.61. The number of halogens is 2. The van der Waals surface area contributed by atoms with Crippen LogP contribution in [0.1, 0.15) is 5.69 Å². The molecule has 0 aromatic carbocycles. The Bertz CT molecular complexity index is 438. The van der Waals surface area contributed by atoms with E-state index in [4.69, 9.17) is 16.0 Å². The maximum Gasteiger partial charge on any atom is 0.170 e. The zero-order chi connectivity index (χ0) is 8.72. The molecule has 4 heteroatoms. The molecule has 0 saturated carbocycles. The van der Waals surface area contributed by atoms with Crippen LogP contribution in [-0.4, -0.2) is 4.98 Å². The molecule has 0 saturated heterocycles. The molecule has 2 heterocycles. The van der Waals surface area contributed by atoms with Crippen molar-refractivity contribution < 1.29 is 4.42 Å². The standard InChI is InChI=1S/C8H5BrClNO/c1-4-8-5(2-6(9)12-8)3-7(10)11-4/h2-3H,1H3. The van der Waals surface area contributed by atoms with Gasteiger partial charge in [0.1, 0.15) is 5.15 Å². The molecule has 0 atom stereocenters. The van der Waals surface area contributed by atoms with E-state index in [-0.39, 0.29) is 0 Å². The third-order valence-corrected chi connectivity index (χ3v) is 2.19. The first-order valence-electron chi connectivity index (χ1n) is 3.39. The number of aryl methyl sites for hydroxylation is 1. The first-order chi connectivity index (χ1) is 5.66. The summed E-state index contributed by atoms with van der Waals surface area (Å²) in [7, 11) is 0. The van der Waals surface area contributed by atoms with Gasteiger partial charge in [-0.2, -0.15) is 0 Å². The Morgan fingerprint density at radius 1 is 1.50 bits per heavy atom. The van der Waals surface area contributed by atoms with Crippen molar-refractivity contribution >= 4 is 38.5 Å². The van der Waals surface area contributed by atoms with Crippen LogP contribution >= 0.6 is 27.5 Å². The van der Waals surface area contributed by atoms with Crippen LogP contribution in [0.4, 0.5) is 0 Å². The monoisotopic (exact) mass is 245 g/mol. The normalized spacial score (nSPS) is 10.9. The number of furan rings is 1. The molecule has 0 aliphatic heterocycles. The maximum absolute atomic E-state index is 5.77. The minimum absolute atomic E-state index is 0.494. The van der Waals surface area contributed by atoms with Crippen molar-refractivity contribution in [3.8, 4) is 0 Å². The van der Waals surface area contributed by atoms with Crippen molar-refractivity contribution in [2.24, 2.45) is 0 Å². The second-order valence-electron chi connectivity index (χ2n) is 2.50. The molecule has 12 heavy (non-hydrogen) atoms. The average molecular weight is 246 g/mol. The number of pyridine rings is 1. The summed E-state index contributed by atoms with van der Waals surface area (Å²) >= 11 is 9.01. The number of nitrogens with zero attached hydrogens (tertiary/aromatic N) is 1. The molecule has 0 fully saturated rings. The van der Waals surface area contributed by atoms with Gasteiger partial charge in [0.2, 0.25) is 0 Å². The molecule has 2 rings (SSSR count). The number of hydrogen-bond acceptors (Lipinski definition) is 2. The van der Waals surface area contributed by atoms with E-state index in [1.165, 1.54) is 0 Å². The van der Waals surface area contributed by atoms with Gasteiger partial charge in [0.25, 0.3) is 0 Å². The molecule has 0 unspecified atom stereocenters. The summed E-state index contributed by atoms with van der Waals surface area (Å²) in [6, 6.07) is 3.65. The van der Waals surface area contributed by atoms with Gasteiger partial charge in [-0.3, -0.25) is 0 Å². The van der Waals surface area contributed by atoms with E-state index in [0.29, 0.717) is 9.82 Å². The fourth-order valence-electron chi connectivity index (χ4n) is 1.14. The van der Waals surface area contributed by atoms with Gasteiger partial charge < -0.3 is 4.42 Å². The van der Waals surface area contributed by atoms with Crippen LogP contribution in [0.5, 0.6) is 0 Å². The Morgan fingerprint density at radius 2 is 2.25 bits per heavy atom. The summed E-state index contributed by atoms with van der Waals surface area (Å²) in [6.07, 6.45) is 0. The third-order valence-electron chi connectivity index (χ3n) is 1.61. The molecular formula is C8H5BrClNO. The van der Waals surface area contributed by atoms with Gasteiger partial charge in [0.15, 0.2) is 10.3 Å². The van der Waals surface area contributed by atoms with Gasteiger partial charge in [-0.25, -0.2) is 4.98 Å². The van der Waals surface area contributed by atoms with Crippen LogP contribution < -0.4 is 0 Å². The molecule has 2 nitrogen and oxygen atoms in total. The van der Waals surface area contributed by atoms with E-state index in [9.17, 15) is 0 Å². The van der Waals surface area contributed by atoms with Gasteiger partial charge in [0, 0.05) is 5.39 Å². The van der Waals surface area contributed by atoms with E-state index in [2.05, 4.69) is 20.9 Å². The fourth-order valence-corrected chi connectivity index (χ4v) is 1.79. The van der Waals surface area contributed by atoms with Crippen molar-refractivity contribution in [3.63, 3.8) is 0 Å². The lowest BCUT2D eigenvalue weighted by Crippen LogP contribution is -1.80. The van der Waals surface area contributed by atoms with Gasteiger partial charge in [-0.1, -0.05) is 11.6 Å². The third kappa shape index (κ3) is 1.23. The quantitative estimate of drug-likeness (QED) is 0.664. The summed E-state index contributed by atoms with van der Waals surface area (Å²) in [6.45, 7) is 1.87. The van der Waals surface area contributed by atoms with Gasteiger partial charge in [-0.15, -0.1) is 0 Å². The lowest BCUT2D eigenvalue weighted by atomic mass is 10.3. The molecule has 0 aliphatic carbocycles. The SMILES string of the molecule is Cc1nc(Cl)cc2cc(Br)oc12. The second-order valence-corrected chi connectivity index (χ2v) is 3.67. The Kier molecular flexibility index (Phi) is 1.85. The van der Waals surface area contributed by atoms with Gasteiger partial charge in [-0.05, 0) is 35.0 Å². The predicted molar refractivity (Wildman–Crippen MR) is 51.5 cm³/mol. The summed E-state index contributed by atoms with van der Waals surface area (Å²) < 4.78 is 6.05. The second kappa shape index (κ2) is 2.75. The van der Waals surface area contributed by atoms with Crippen molar-refractivity contribution in [1.82, 2.24) is 4.98 Å². The molecule has 0 bridgehead atoms. The van der Waals surface area contributed by atoms with Gasteiger partial charge in [0.05, 0.1) is 5.69 Å². The molecule has 0 aliphatic rings. The van der Waals surface area contributed by atoms with E-state index in [1.54, 1.807) is 6.07 Å². The lowest BCUT2D eigenvalue weighted by molar-refractivity contribution is 0.583. The molecule has 0 radical (unpaired) electrons. The van der Waals surface area contributed by atoms with E-state index in [1.807, 2.05) is 13.0 Å². The lowest BCUT2D eigenvalue weighted by Gasteiger charge is -1.93. The molecule has 0 amide bonds. The molecule has 0 spiro atoms. The van der Waals surface area contributed by atoms with Crippen molar-refractivity contribution in [2.45, 2.75) is 6.92 Å². The fraction of sp³-hybridized carbons (Fsp3) is 0.125. The van der Waals surface area contributed by atoms with Crippen molar-refractivity contribution in [1.29, 1.82) is 0 Å². The average Bonchev–Trinajstić information content (AvgIpc) is 2.29. The number of hydrogen-bond donors (Lipinski definition) is 0. The predicted octanol–water partition coefficient (Wildman–Crippen LogP) is 3.55. The highest BCUT2D eigenvalue weighted by molar-refractivity contribution is 9.10. The zero-order valence-electron chi connectivity index (χ0n) is 6.27. The van der Waals surface area contributed by atoms with E-state index in [0.717, 1.165) is 16.7 Å². The van der Waals surface area contributed by atoms with Gasteiger partial charge >= 0.3 is 0 Å². The van der Waals surface area contributed by atoms with Crippen LogP contribution in [0.3, 0.4) is 0 Å². The Labute approximate surface area is 82.7 Å². The highest BCUT2D eigenvalue weighted by Gasteiger charge is 2.06. The molecule has 2 aromatic heterocycles. The Balaban J connectivity index is 2.88. The van der Waals surface area contributed by atoms with Crippen molar-refractivity contribution in [3.05, 3.63) is 27.6 Å². The smallest absolute Gasteiger partial charge is 0.170 e. The topological polar surface area (TPSA) is 26.0 Å². The van der Waals surface area contributed by atoms with Crippen LogP contribution in [0.25, 0.3) is 11.0 Å². The summed E-state index contributed by atoms with van der Waals surface area (Å²) in [5.41, 5.74) is 1.59. The molecular weight excluding hydrogens is 241 g/mol. The summed E-state index contributed by atoms with van der Waals surface area (Å²) in [5.74, 6) is 0. The van der Waals surface area contributed by atoms with Crippen LogP contribution in [-0.2, 0) is 0 Å². The largest absolute Gasteiger partial charge is 0.447 e. The minimum Gasteiger partial charge on any atom is -0.447 e. The Hall–Kier alpha value is -0.540. The Morgan fingerprint density at radius 3 is 3.00 bits per heavy atom. The summed E-state index contributed by atoms with van der Waals surface area (Å²) in [5, 5.41) is 1.47. The van der Waals surface area contributed by atoms with E-state index < -0.39 is 0 Å². The minimum atomic E-state index is 0.494. The van der Waals surface area contributed by atoms with Crippen molar-refractivity contribution in [2.75, 3.05) is 0 Å². The van der Waals surface area contributed by atoms with Crippen LogP contribution in [0.15, 0.2) is 21.2 Å². The maximum atomic E-state index is 5.77. The highest BCUT2D eigenvalue weighted by atomic mass is 79.9. The summed E-state index contributed by atoms with van der Waals surface area (Å²) in [4.78, 5) is 4.07. The van der Waals surface area contributed by atoms with Crippen LogP contribution in [0.2, 0.25) is 5.15 Å². The van der Waals surface area contributed by atoms with Crippen LogP contribution in [0, 0.1) is 6.92 Å². The van der Waals surface area contributed by atoms with E-state index >= 15 is 0 Å². The number of fused-ring (bicyclic) bond motifs is 1. The molecule has 62 valence electrons. The molecule has 2 aromatic rings.